The first-order chi connectivity index (χ1) is 7.60. The quantitative estimate of drug-likeness (QED) is 0.503. The van der Waals surface area contributed by atoms with Gasteiger partial charge in [0.2, 0.25) is 0 Å². The molecule has 0 fully saturated rings. The van der Waals surface area contributed by atoms with Gasteiger partial charge >= 0.3 is 0 Å². The molecular formula is C12H21N3O. The highest BCUT2D eigenvalue weighted by Crippen LogP contribution is 2.01. The van der Waals surface area contributed by atoms with Crippen LogP contribution in [-0.2, 0) is 4.79 Å². The molecule has 0 unspecified atom stereocenters. The minimum Gasteiger partial charge on any atom is -0.337 e. The Balaban J connectivity index is 4.40. The third-order valence-electron chi connectivity index (χ3n) is 2.60. The summed E-state index contributed by atoms with van der Waals surface area (Å²) in [5.41, 5.74) is 0.223. The number of carbonyl (C=O) groups is 1. The SMILES string of the molecule is C/C=C(\C#N)C(=O)N(CC)CCN(C)CC. The molecule has 0 aliphatic rings. The molecule has 0 saturated carbocycles. The van der Waals surface area contributed by atoms with Gasteiger partial charge in [-0.3, -0.25) is 4.79 Å². The van der Waals surface area contributed by atoms with Gasteiger partial charge in [-0.25, -0.2) is 0 Å². The van der Waals surface area contributed by atoms with Gasteiger partial charge in [-0.2, -0.15) is 5.26 Å². The largest absolute Gasteiger partial charge is 0.337 e. The first-order valence-electron chi connectivity index (χ1n) is 5.64. The molecule has 0 spiro atoms. The Morgan fingerprint density at radius 1 is 1.31 bits per heavy atom. The fourth-order valence-electron chi connectivity index (χ4n) is 1.26. The maximum atomic E-state index is 11.9. The summed E-state index contributed by atoms with van der Waals surface area (Å²) in [5, 5.41) is 8.79. The molecule has 0 bridgehead atoms. The van der Waals surface area contributed by atoms with Crippen molar-refractivity contribution in [2.75, 3.05) is 33.2 Å². The van der Waals surface area contributed by atoms with E-state index in [1.54, 1.807) is 17.9 Å². The minimum absolute atomic E-state index is 0.169. The first-order valence-corrected chi connectivity index (χ1v) is 5.64. The predicted molar refractivity (Wildman–Crippen MR) is 64.8 cm³/mol. The van der Waals surface area contributed by atoms with E-state index < -0.39 is 0 Å². The first kappa shape index (κ1) is 14.7. The van der Waals surface area contributed by atoms with E-state index in [0.29, 0.717) is 13.1 Å². The molecule has 0 N–H and O–H groups in total. The van der Waals surface area contributed by atoms with Crippen LogP contribution in [0.1, 0.15) is 20.8 Å². The number of hydrogen-bond acceptors (Lipinski definition) is 3. The molecule has 0 aliphatic heterocycles. The smallest absolute Gasteiger partial charge is 0.264 e. The molecule has 0 radical (unpaired) electrons. The zero-order chi connectivity index (χ0) is 12.6. The lowest BCUT2D eigenvalue weighted by molar-refractivity contribution is -0.126. The lowest BCUT2D eigenvalue weighted by Gasteiger charge is -2.23. The summed E-state index contributed by atoms with van der Waals surface area (Å²) in [6.07, 6.45) is 1.56. The second-order valence-corrected chi connectivity index (χ2v) is 3.59. The van der Waals surface area contributed by atoms with Crippen molar-refractivity contribution in [3.05, 3.63) is 11.6 Å². The van der Waals surface area contributed by atoms with Crippen LogP contribution in [0.25, 0.3) is 0 Å². The minimum atomic E-state index is -0.169. The Labute approximate surface area is 98.1 Å². The Morgan fingerprint density at radius 3 is 2.31 bits per heavy atom. The van der Waals surface area contributed by atoms with Gasteiger partial charge in [-0.1, -0.05) is 13.0 Å². The van der Waals surface area contributed by atoms with Gasteiger partial charge in [0, 0.05) is 19.6 Å². The number of allylic oxidation sites excluding steroid dienone is 1. The van der Waals surface area contributed by atoms with Gasteiger partial charge in [0.25, 0.3) is 5.91 Å². The fourth-order valence-corrected chi connectivity index (χ4v) is 1.26. The average molecular weight is 223 g/mol. The van der Waals surface area contributed by atoms with Crippen molar-refractivity contribution in [2.24, 2.45) is 0 Å². The van der Waals surface area contributed by atoms with Crippen LogP contribution in [0.3, 0.4) is 0 Å². The molecule has 0 aromatic carbocycles. The van der Waals surface area contributed by atoms with E-state index in [4.69, 9.17) is 5.26 Å². The highest BCUT2D eigenvalue weighted by Gasteiger charge is 2.15. The summed E-state index contributed by atoms with van der Waals surface area (Å²) in [4.78, 5) is 15.7. The lowest BCUT2D eigenvalue weighted by Crippen LogP contribution is -2.38. The predicted octanol–water partition coefficient (Wildman–Crippen LogP) is 1.26. The van der Waals surface area contributed by atoms with Crippen LogP contribution in [-0.4, -0.2) is 48.9 Å². The number of amides is 1. The van der Waals surface area contributed by atoms with Crippen molar-refractivity contribution in [1.82, 2.24) is 9.80 Å². The Bertz CT molecular complexity index is 291. The molecule has 0 saturated heterocycles. The summed E-state index contributed by atoms with van der Waals surface area (Å²) in [5.74, 6) is -0.169. The third kappa shape index (κ3) is 4.45. The van der Waals surface area contributed by atoms with E-state index in [1.165, 1.54) is 0 Å². The van der Waals surface area contributed by atoms with Gasteiger partial charge < -0.3 is 9.80 Å². The van der Waals surface area contributed by atoms with Crippen LogP contribution in [0.5, 0.6) is 0 Å². The molecule has 90 valence electrons. The molecule has 1 amide bonds. The Hall–Kier alpha value is -1.34. The number of rotatable bonds is 6. The van der Waals surface area contributed by atoms with E-state index in [1.807, 2.05) is 20.0 Å². The van der Waals surface area contributed by atoms with E-state index >= 15 is 0 Å². The van der Waals surface area contributed by atoms with Crippen LogP contribution >= 0.6 is 0 Å². The monoisotopic (exact) mass is 223 g/mol. The van der Waals surface area contributed by atoms with Crippen LogP contribution in [0, 0.1) is 11.3 Å². The Morgan fingerprint density at radius 2 is 1.94 bits per heavy atom. The lowest BCUT2D eigenvalue weighted by atomic mass is 10.2. The second kappa shape index (κ2) is 7.89. The van der Waals surface area contributed by atoms with Gasteiger partial charge in [0.05, 0.1) is 0 Å². The molecule has 0 heterocycles. The highest BCUT2D eigenvalue weighted by atomic mass is 16.2. The van der Waals surface area contributed by atoms with E-state index in [2.05, 4.69) is 11.8 Å². The Kier molecular flexibility index (Phi) is 7.23. The number of nitrogens with zero attached hydrogens (tertiary/aromatic N) is 3. The summed E-state index contributed by atoms with van der Waals surface area (Å²) < 4.78 is 0. The maximum Gasteiger partial charge on any atom is 0.264 e. The molecule has 0 aromatic rings. The van der Waals surface area contributed by atoms with Crippen LogP contribution < -0.4 is 0 Å². The van der Waals surface area contributed by atoms with Gasteiger partial charge in [0.15, 0.2) is 0 Å². The molecule has 0 atom stereocenters. The molecule has 4 heteroatoms. The molecule has 0 rings (SSSR count). The number of hydrogen-bond donors (Lipinski definition) is 0. The number of carbonyl (C=O) groups excluding carboxylic acids is 1. The van der Waals surface area contributed by atoms with Crippen molar-refractivity contribution in [2.45, 2.75) is 20.8 Å². The third-order valence-corrected chi connectivity index (χ3v) is 2.60. The van der Waals surface area contributed by atoms with Crippen molar-refractivity contribution < 1.29 is 4.79 Å². The highest BCUT2D eigenvalue weighted by molar-refractivity contribution is 5.97. The van der Waals surface area contributed by atoms with E-state index in [0.717, 1.165) is 13.1 Å². The second-order valence-electron chi connectivity index (χ2n) is 3.59. The summed E-state index contributed by atoms with van der Waals surface area (Å²) in [6.45, 7) is 8.80. The zero-order valence-corrected chi connectivity index (χ0v) is 10.7. The van der Waals surface area contributed by atoms with Crippen molar-refractivity contribution in [3.8, 4) is 6.07 Å². The van der Waals surface area contributed by atoms with Crippen LogP contribution in [0.2, 0.25) is 0 Å². The van der Waals surface area contributed by atoms with Crippen LogP contribution in [0.4, 0.5) is 0 Å². The van der Waals surface area contributed by atoms with E-state index in [9.17, 15) is 4.79 Å². The van der Waals surface area contributed by atoms with Crippen molar-refractivity contribution in [1.29, 1.82) is 5.26 Å². The molecule has 0 aromatic heterocycles. The number of nitriles is 1. The van der Waals surface area contributed by atoms with Gasteiger partial charge in [0.1, 0.15) is 11.6 Å². The molecule has 4 nitrogen and oxygen atoms in total. The molecular weight excluding hydrogens is 202 g/mol. The number of likely N-dealkylation sites (N-methyl/N-ethyl adjacent to an activating group) is 2. The normalized spacial score (nSPS) is 11.4. The van der Waals surface area contributed by atoms with Gasteiger partial charge in [-0.05, 0) is 27.4 Å². The molecule has 16 heavy (non-hydrogen) atoms. The van der Waals surface area contributed by atoms with Gasteiger partial charge in [-0.15, -0.1) is 0 Å². The summed E-state index contributed by atoms with van der Waals surface area (Å²) in [7, 11) is 2.01. The van der Waals surface area contributed by atoms with Crippen molar-refractivity contribution >= 4 is 5.91 Å². The molecule has 0 aliphatic carbocycles. The fraction of sp³-hybridized carbons (Fsp3) is 0.667. The average Bonchev–Trinajstić information content (AvgIpc) is 2.31. The summed E-state index contributed by atoms with van der Waals surface area (Å²) in [6, 6.07) is 1.92. The van der Waals surface area contributed by atoms with Crippen LogP contribution in [0.15, 0.2) is 11.6 Å². The maximum absolute atomic E-state index is 11.9. The standard InChI is InChI=1S/C12H21N3O/c1-5-11(10-13)12(16)15(7-3)9-8-14(4)6-2/h5H,6-9H2,1-4H3/b11-5+. The summed E-state index contributed by atoms with van der Waals surface area (Å²) >= 11 is 0. The van der Waals surface area contributed by atoms with E-state index in [-0.39, 0.29) is 11.5 Å². The van der Waals surface area contributed by atoms with Crippen molar-refractivity contribution in [3.63, 3.8) is 0 Å². The topological polar surface area (TPSA) is 47.3 Å². The zero-order valence-electron chi connectivity index (χ0n) is 10.7.